The van der Waals surface area contributed by atoms with E-state index in [0.29, 0.717) is 33.4 Å². The second kappa shape index (κ2) is 6.95. The van der Waals surface area contributed by atoms with E-state index in [1.807, 2.05) is 0 Å². The van der Waals surface area contributed by atoms with E-state index in [0.717, 1.165) is 12.1 Å². The summed E-state index contributed by atoms with van der Waals surface area (Å²) < 4.78 is 40.5. The molecular formula is C21H13F3N4O. The SMILES string of the molecule is N#Cc1ccccc1Cn1c(=O)[nH]c2ncc(-c3cccc(C(F)(F)F)c3)cc21. The number of aromatic amines is 1. The second-order valence-electron chi connectivity index (χ2n) is 6.46. The van der Waals surface area contributed by atoms with Crippen molar-refractivity contribution in [1.29, 1.82) is 5.26 Å². The van der Waals surface area contributed by atoms with Crippen molar-refractivity contribution in [1.82, 2.24) is 14.5 Å². The highest BCUT2D eigenvalue weighted by Crippen LogP contribution is 2.32. The zero-order valence-corrected chi connectivity index (χ0v) is 14.9. The molecule has 4 aromatic rings. The number of benzene rings is 2. The Labute approximate surface area is 162 Å². The molecule has 0 atom stereocenters. The summed E-state index contributed by atoms with van der Waals surface area (Å²) in [6.45, 7) is 0.135. The first-order valence-corrected chi connectivity index (χ1v) is 8.61. The first-order chi connectivity index (χ1) is 13.9. The number of H-pyrrole nitrogens is 1. The molecule has 0 saturated heterocycles. The Morgan fingerprint density at radius 2 is 1.86 bits per heavy atom. The number of pyridine rings is 1. The van der Waals surface area contributed by atoms with E-state index >= 15 is 0 Å². The van der Waals surface area contributed by atoms with Gasteiger partial charge in [-0.25, -0.2) is 9.78 Å². The van der Waals surface area contributed by atoms with Crippen LogP contribution in [0.5, 0.6) is 0 Å². The van der Waals surface area contributed by atoms with Gasteiger partial charge in [0.2, 0.25) is 0 Å². The maximum atomic E-state index is 13.0. The Morgan fingerprint density at radius 1 is 1.07 bits per heavy atom. The quantitative estimate of drug-likeness (QED) is 0.562. The fraction of sp³-hybridized carbons (Fsp3) is 0.0952. The number of nitrogens with zero attached hydrogens (tertiary/aromatic N) is 3. The molecule has 144 valence electrons. The van der Waals surface area contributed by atoms with Crippen LogP contribution in [0, 0.1) is 11.3 Å². The molecule has 0 radical (unpaired) electrons. The molecule has 0 bridgehead atoms. The van der Waals surface area contributed by atoms with Crippen molar-refractivity contribution in [2.45, 2.75) is 12.7 Å². The lowest BCUT2D eigenvalue weighted by molar-refractivity contribution is -0.137. The lowest BCUT2D eigenvalue weighted by Gasteiger charge is -2.09. The summed E-state index contributed by atoms with van der Waals surface area (Å²) in [6.07, 6.45) is -3.04. The van der Waals surface area contributed by atoms with E-state index in [9.17, 15) is 23.2 Å². The molecule has 8 heteroatoms. The van der Waals surface area contributed by atoms with Crippen LogP contribution < -0.4 is 5.69 Å². The van der Waals surface area contributed by atoms with Crippen molar-refractivity contribution in [3.05, 3.63) is 88.0 Å². The summed E-state index contributed by atoms with van der Waals surface area (Å²) in [4.78, 5) is 19.2. The van der Waals surface area contributed by atoms with Crippen molar-refractivity contribution < 1.29 is 13.2 Å². The van der Waals surface area contributed by atoms with E-state index in [1.165, 1.54) is 16.8 Å². The van der Waals surface area contributed by atoms with E-state index < -0.39 is 17.4 Å². The predicted octanol–water partition coefficient (Wildman–Crippen LogP) is 4.33. The third-order valence-electron chi connectivity index (χ3n) is 4.62. The fourth-order valence-electron chi connectivity index (χ4n) is 3.16. The molecule has 0 fully saturated rings. The number of fused-ring (bicyclic) bond motifs is 1. The zero-order chi connectivity index (χ0) is 20.6. The number of hydrogen-bond acceptors (Lipinski definition) is 3. The molecule has 5 nitrogen and oxygen atoms in total. The minimum atomic E-state index is -4.45. The molecule has 2 aromatic heterocycles. The number of aromatic nitrogens is 3. The largest absolute Gasteiger partial charge is 0.416 e. The van der Waals surface area contributed by atoms with Gasteiger partial charge in [0.1, 0.15) is 0 Å². The fourth-order valence-corrected chi connectivity index (χ4v) is 3.16. The van der Waals surface area contributed by atoms with Crippen LogP contribution in [0.3, 0.4) is 0 Å². The van der Waals surface area contributed by atoms with Gasteiger partial charge in [-0.3, -0.25) is 9.55 Å². The lowest BCUT2D eigenvalue weighted by atomic mass is 10.0. The summed E-state index contributed by atoms with van der Waals surface area (Å²) in [5.74, 6) is 0. The first-order valence-electron chi connectivity index (χ1n) is 8.61. The van der Waals surface area contributed by atoms with Crippen molar-refractivity contribution >= 4 is 11.2 Å². The highest BCUT2D eigenvalue weighted by atomic mass is 19.4. The van der Waals surface area contributed by atoms with Crippen LogP contribution >= 0.6 is 0 Å². The standard InChI is InChI=1S/C21H13F3N4O/c22-21(23,24)17-7-3-6-13(8-17)16-9-18-19(26-11-16)27-20(29)28(18)12-15-5-2-1-4-14(15)10-25/h1-9,11H,12H2,(H,26,27,29). The molecule has 4 rings (SSSR count). The van der Waals surface area contributed by atoms with Crippen LogP contribution in [0.4, 0.5) is 13.2 Å². The van der Waals surface area contributed by atoms with Gasteiger partial charge in [0.25, 0.3) is 0 Å². The minimum Gasteiger partial charge on any atom is -0.290 e. The van der Waals surface area contributed by atoms with E-state index in [2.05, 4.69) is 16.0 Å². The van der Waals surface area contributed by atoms with Gasteiger partial charge in [-0.2, -0.15) is 18.4 Å². The molecule has 29 heavy (non-hydrogen) atoms. The maximum absolute atomic E-state index is 13.0. The van der Waals surface area contributed by atoms with Crippen LogP contribution in [-0.2, 0) is 12.7 Å². The summed E-state index contributed by atoms with van der Waals surface area (Å²) in [7, 11) is 0. The van der Waals surface area contributed by atoms with Crippen LogP contribution in [0.2, 0.25) is 0 Å². The molecule has 2 heterocycles. The van der Waals surface area contributed by atoms with Crippen molar-refractivity contribution in [2.75, 3.05) is 0 Å². The number of alkyl halides is 3. The molecule has 0 saturated carbocycles. The monoisotopic (exact) mass is 394 g/mol. The van der Waals surface area contributed by atoms with Gasteiger partial charge >= 0.3 is 11.9 Å². The van der Waals surface area contributed by atoms with Gasteiger partial charge in [-0.05, 0) is 35.4 Å². The van der Waals surface area contributed by atoms with Gasteiger partial charge < -0.3 is 0 Å². The third kappa shape index (κ3) is 3.50. The number of rotatable bonds is 3. The highest BCUT2D eigenvalue weighted by Gasteiger charge is 2.30. The third-order valence-corrected chi connectivity index (χ3v) is 4.62. The number of halogens is 3. The predicted molar refractivity (Wildman–Crippen MR) is 101 cm³/mol. The normalized spacial score (nSPS) is 11.5. The van der Waals surface area contributed by atoms with Gasteiger partial charge in [0, 0.05) is 11.8 Å². The van der Waals surface area contributed by atoms with Crippen LogP contribution in [0.15, 0.2) is 65.6 Å². The van der Waals surface area contributed by atoms with Crippen molar-refractivity contribution in [2.24, 2.45) is 0 Å². The summed E-state index contributed by atoms with van der Waals surface area (Å²) >= 11 is 0. The molecule has 0 unspecified atom stereocenters. The molecule has 0 aliphatic carbocycles. The molecule has 2 aromatic carbocycles. The highest BCUT2D eigenvalue weighted by molar-refractivity contribution is 5.78. The first kappa shape index (κ1) is 18.5. The summed E-state index contributed by atoms with van der Waals surface area (Å²) in [6, 6.07) is 15.5. The number of nitrogens with one attached hydrogen (secondary N) is 1. The van der Waals surface area contributed by atoms with Gasteiger partial charge in [0.15, 0.2) is 5.65 Å². The van der Waals surface area contributed by atoms with Crippen molar-refractivity contribution in [3.63, 3.8) is 0 Å². The Hall–Kier alpha value is -3.86. The number of imidazole rings is 1. The maximum Gasteiger partial charge on any atom is 0.416 e. The van der Waals surface area contributed by atoms with E-state index in [1.54, 1.807) is 36.4 Å². The molecule has 1 N–H and O–H groups in total. The average molecular weight is 394 g/mol. The topological polar surface area (TPSA) is 74.5 Å². The Kier molecular flexibility index (Phi) is 4.43. The van der Waals surface area contributed by atoms with E-state index in [4.69, 9.17) is 0 Å². The zero-order valence-electron chi connectivity index (χ0n) is 14.9. The van der Waals surface area contributed by atoms with Crippen LogP contribution in [-0.4, -0.2) is 14.5 Å². The van der Waals surface area contributed by atoms with Gasteiger partial charge in [-0.1, -0.05) is 30.3 Å². The molecule has 0 aliphatic heterocycles. The lowest BCUT2D eigenvalue weighted by Crippen LogP contribution is -2.17. The van der Waals surface area contributed by atoms with Gasteiger partial charge in [0.05, 0.1) is 29.3 Å². The van der Waals surface area contributed by atoms with Crippen LogP contribution in [0.25, 0.3) is 22.3 Å². The van der Waals surface area contributed by atoms with Crippen LogP contribution in [0.1, 0.15) is 16.7 Å². The molecule has 0 amide bonds. The Morgan fingerprint density at radius 3 is 2.62 bits per heavy atom. The van der Waals surface area contributed by atoms with Gasteiger partial charge in [-0.15, -0.1) is 0 Å². The van der Waals surface area contributed by atoms with Crippen molar-refractivity contribution in [3.8, 4) is 17.2 Å². The molecule has 0 spiro atoms. The molecule has 0 aliphatic rings. The number of hydrogen-bond donors (Lipinski definition) is 1. The summed E-state index contributed by atoms with van der Waals surface area (Å²) in [5.41, 5.74) is 1.47. The molecular weight excluding hydrogens is 381 g/mol. The smallest absolute Gasteiger partial charge is 0.290 e. The second-order valence-corrected chi connectivity index (χ2v) is 6.46. The average Bonchev–Trinajstić information content (AvgIpc) is 3.02. The van der Waals surface area contributed by atoms with E-state index in [-0.39, 0.29) is 6.54 Å². The summed E-state index contributed by atoms with van der Waals surface area (Å²) in [5, 5.41) is 9.26. The minimum absolute atomic E-state index is 0.135. The Balaban J connectivity index is 1.82. The Bertz CT molecular complexity index is 1310. The number of nitriles is 1.